The molecule has 4 rings (SSSR count). The summed E-state index contributed by atoms with van der Waals surface area (Å²) in [7, 11) is 0. The Balaban J connectivity index is 1.35. The van der Waals surface area contributed by atoms with Crippen LogP contribution in [0, 0.1) is 17.2 Å². The lowest BCUT2D eigenvalue weighted by atomic mass is 9.80. The highest BCUT2D eigenvalue weighted by Crippen LogP contribution is 2.34. The van der Waals surface area contributed by atoms with Crippen molar-refractivity contribution in [3.63, 3.8) is 0 Å². The van der Waals surface area contributed by atoms with Gasteiger partial charge >= 0.3 is 0 Å². The molecule has 6 atom stereocenters. The van der Waals surface area contributed by atoms with E-state index in [1.165, 1.54) is 0 Å². The number of nitrogens with zero attached hydrogens (tertiary/aromatic N) is 3. The lowest BCUT2D eigenvalue weighted by Gasteiger charge is -2.43. The third kappa shape index (κ3) is 5.15. The first kappa shape index (κ1) is 24.3. The van der Waals surface area contributed by atoms with E-state index < -0.39 is 24.4 Å². The van der Waals surface area contributed by atoms with Crippen molar-refractivity contribution >= 4 is 48.6 Å². The highest BCUT2D eigenvalue weighted by atomic mass is 127. The number of aliphatic hydroxyl groups excluding tert-OH is 1. The molecule has 0 aromatic carbocycles. The van der Waals surface area contributed by atoms with Crippen LogP contribution in [0.2, 0.25) is 0 Å². The maximum atomic E-state index is 14.8. The summed E-state index contributed by atoms with van der Waals surface area (Å²) in [5, 5.41) is 24.3. The maximum Gasteiger partial charge on any atom is 0.223 e. The minimum Gasteiger partial charge on any atom is -0.374 e. The Morgan fingerprint density at radius 1 is 1.52 bits per heavy atom. The van der Waals surface area contributed by atoms with E-state index >= 15 is 0 Å². The average Bonchev–Trinajstić information content (AvgIpc) is 3.24. The molecule has 2 amide bonds. The molecule has 0 spiro atoms. The van der Waals surface area contributed by atoms with Gasteiger partial charge in [-0.1, -0.05) is 32.9 Å². The number of amides is 2. The molecule has 0 aliphatic carbocycles. The van der Waals surface area contributed by atoms with Crippen molar-refractivity contribution in [3.05, 3.63) is 21.8 Å². The van der Waals surface area contributed by atoms with Gasteiger partial charge < -0.3 is 20.6 Å². The summed E-state index contributed by atoms with van der Waals surface area (Å²) >= 11 is -0.149. The molecule has 4 aliphatic rings. The number of fused-ring (bicyclic) bond motifs is 1. The van der Waals surface area contributed by atoms with Gasteiger partial charge in [0.2, 0.25) is 12.3 Å². The van der Waals surface area contributed by atoms with Gasteiger partial charge in [-0.25, -0.2) is 4.39 Å². The number of carbonyl (C=O) groups excluding carboxylic acids is 2. The van der Waals surface area contributed by atoms with Gasteiger partial charge in [0.1, 0.15) is 18.2 Å². The molecule has 0 saturated carbocycles. The van der Waals surface area contributed by atoms with E-state index in [2.05, 4.69) is 23.7 Å². The summed E-state index contributed by atoms with van der Waals surface area (Å²) in [5.41, 5.74) is 1.27. The number of hydrogen-bond acceptors (Lipinski definition) is 7. The number of piperazine rings is 1. The molecule has 4 N–H and O–H groups in total. The van der Waals surface area contributed by atoms with E-state index in [0.717, 1.165) is 5.57 Å². The highest BCUT2D eigenvalue weighted by molar-refractivity contribution is 14.2. The number of nitrogens with one attached hydrogen (secondary N) is 3. The minimum absolute atomic E-state index is 0.00258. The normalized spacial score (nSPS) is 32.8. The van der Waals surface area contributed by atoms with Crippen LogP contribution in [0.1, 0.15) is 13.3 Å². The number of aliphatic imine (C=N–C) groups is 1. The van der Waals surface area contributed by atoms with E-state index in [1.807, 2.05) is 28.9 Å². The van der Waals surface area contributed by atoms with Gasteiger partial charge in [0.15, 0.2) is 0 Å². The molecular formula is C22H30FIN6O3. The quantitative estimate of drug-likeness (QED) is 0.157. The summed E-state index contributed by atoms with van der Waals surface area (Å²) < 4.78 is 19.1. The van der Waals surface area contributed by atoms with Crippen LogP contribution in [0.25, 0.3) is 0 Å². The number of alkyl halides is 1. The molecule has 4 heterocycles. The van der Waals surface area contributed by atoms with E-state index in [0.29, 0.717) is 38.3 Å². The summed E-state index contributed by atoms with van der Waals surface area (Å²) in [6.07, 6.45) is 2.72. The third-order valence-electron chi connectivity index (χ3n) is 6.84. The second-order valence-electron chi connectivity index (χ2n) is 8.83. The monoisotopic (exact) mass is 572 g/mol. The molecule has 180 valence electrons. The zero-order chi connectivity index (χ0) is 23.5. The van der Waals surface area contributed by atoms with Crippen LogP contribution in [-0.2, 0) is 9.59 Å². The Morgan fingerprint density at radius 2 is 2.33 bits per heavy atom. The summed E-state index contributed by atoms with van der Waals surface area (Å²) in [6, 6.07) is -0.475. The van der Waals surface area contributed by atoms with E-state index in [4.69, 9.17) is 5.41 Å². The smallest absolute Gasteiger partial charge is 0.223 e. The molecule has 0 radical (unpaired) electrons. The molecule has 2 saturated heterocycles. The van der Waals surface area contributed by atoms with Gasteiger partial charge in [-0.3, -0.25) is 24.9 Å². The Hall–Kier alpha value is -1.83. The summed E-state index contributed by atoms with van der Waals surface area (Å²) in [4.78, 5) is 31.8. The van der Waals surface area contributed by atoms with Crippen molar-refractivity contribution in [2.75, 3.05) is 32.7 Å². The lowest BCUT2D eigenvalue weighted by molar-refractivity contribution is -0.137. The van der Waals surface area contributed by atoms with Crippen molar-refractivity contribution in [2.24, 2.45) is 16.8 Å². The second kappa shape index (κ2) is 10.6. The molecule has 0 aromatic heterocycles. The molecule has 4 aliphatic heterocycles. The topological polar surface area (TPSA) is 121 Å². The van der Waals surface area contributed by atoms with E-state index in [1.54, 1.807) is 0 Å². The van der Waals surface area contributed by atoms with Crippen molar-refractivity contribution in [1.82, 2.24) is 20.4 Å². The molecule has 11 heteroatoms. The van der Waals surface area contributed by atoms with Crippen molar-refractivity contribution in [2.45, 2.75) is 37.8 Å². The number of halogens is 2. The Kier molecular flexibility index (Phi) is 7.82. The van der Waals surface area contributed by atoms with Crippen LogP contribution in [0.15, 0.2) is 26.8 Å². The third-order valence-corrected chi connectivity index (χ3v) is 8.75. The van der Waals surface area contributed by atoms with Gasteiger partial charge in [-0.2, -0.15) is 0 Å². The Bertz CT molecular complexity index is 922. The number of aliphatic hydroxyl groups is 1. The summed E-state index contributed by atoms with van der Waals surface area (Å²) in [5.74, 6) is -0.805. The zero-order valence-corrected chi connectivity index (χ0v) is 20.6. The predicted molar refractivity (Wildman–Crippen MR) is 134 cm³/mol. The molecule has 4 unspecified atom stereocenters. The van der Waals surface area contributed by atoms with Gasteiger partial charge in [0.05, 0.1) is 18.3 Å². The zero-order valence-electron chi connectivity index (χ0n) is 18.5. The number of allylic oxidation sites excluding steroid dienone is 2. The van der Waals surface area contributed by atoms with Crippen LogP contribution in [0.3, 0.4) is 0 Å². The largest absolute Gasteiger partial charge is 0.374 e. The first-order valence-corrected chi connectivity index (χ1v) is 13.6. The first-order chi connectivity index (χ1) is 15.9. The number of amidine groups is 1. The molecular weight excluding hydrogens is 542 g/mol. The first-order valence-electron chi connectivity index (χ1n) is 11.1. The van der Waals surface area contributed by atoms with Crippen molar-refractivity contribution in [3.8, 4) is 0 Å². The highest BCUT2D eigenvalue weighted by Gasteiger charge is 2.47. The summed E-state index contributed by atoms with van der Waals surface area (Å²) in [6.45, 7) is 4.02. The van der Waals surface area contributed by atoms with Gasteiger partial charge in [0.25, 0.3) is 0 Å². The SMILES string of the molecule is C[C@@H]1CN(C(=O)CC2CNC3C(C(=N)NC=O)=NCC(F)[C@H]23)CCN1C(O)C1=CC=CI=C1. The fourth-order valence-corrected chi connectivity index (χ4v) is 6.77. The Morgan fingerprint density at radius 3 is 3.03 bits per heavy atom. The van der Waals surface area contributed by atoms with Crippen LogP contribution >= 0.6 is 20.7 Å². The number of hydrogen-bond donors (Lipinski definition) is 4. The fraction of sp³-hybridized carbons (Fsp3) is 0.591. The maximum absolute atomic E-state index is 14.8. The Labute approximate surface area is 202 Å². The standard InChI is InChI=1S/C22H30FIN6O3/c1-13-11-29(5-6-30(13)22(33)14-3-2-4-24-8-14)17(32)7-15-9-26-19-18(15)16(23)10-27-20(19)21(25)28-12-31/h2-4,8,12-13,15-16,18-19,22,26,33H,5-7,9-11H2,1H3,(H2,25,28,31)/t13-,15?,16?,18+,19?,22?/m1/s1. The second-order valence-corrected chi connectivity index (χ2v) is 10.9. The minimum atomic E-state index is -1.20. The number of rotatable bonds is 6. The van der Waals surface area contributed by atoms with Gasteiger partial charge in [-0.05, 0) is 27.5 Å². The molecule has 0 bridgehead atoms. The van der Waals surface area contributed by atoms with Crippen LogP contribution in [0.4, 0.5) is 4.39 Å². The number of carbonyl (C=O) groups is 2. The average molecular weight is 572 g/mol. The van der Waals surface area contributed by atoms with Crippen molar-refractivity contribution < 1.29 is 19.1 Å². The van der Waals surface area contributed by atoms with Gasteiger partial charge in [-0.15, -0.1) is 0 Å². The van der Waals surface area contributed by atoms with Crippen LogP contribution in [0.5, 0.6) is 0 Å². The van der Waals surface area contributed by atoms with E-state index in [9.17, 15) is 19.1 Å². The van der Waals surface area contributed by atoms with Crippen LogP contribution in [-0.4, -0.2) is 100.0 Å². The molecule has 9 nitrogen and oxygen atoms in total. The molecule has 0 aromatic rings. The van der Waals surface area contributed by atoms with Crippen LogP contribution < -0.4 is 10.6 Å². The van der Waals surface area contributed by atoms with Crippen molar-refractivity contribution in [1.29, 1.82) is 5.41 Å². The molecule has 33 heavy (non-hydrogen) atoms. The van der Waals surface area contributed by atoms with E-state index in [-0.39, 0.29) is 57.4 Å². The van der Waals surface area contributed by atoms with Gasteiger partial charge in [0, 0.05) is 43.6 Å². The lowest BCUT2D eigenvalue weighted by Crippen LogP contribution is -2.57. The predicted octanol–water partition coefficient (Wildman–Crippen LogP) is 0.174. The fourth-order valence-electron chi connectivity index (χ4n) is 5.17. The molecule has 2 fully saturated rings.